The number of aryl methyl sites for hydroxylation is 1. The molecule has 4 heteroatoms. The number of para-hydroxylation sites is 1. The summed E-state index contributed by atoms with van der Waals surface area (Å²) in [6.07, 6.45) is 8.18. The van der Waals surface area contributed by atoms with Crippen molar-refractivity contribution in [2.24, 2.45) is 0 Å². The fourth-order valence-corrected chi connectivity index (χ4v) is 2.27. The molecular weight excluding hydrogens is 250 g/mol. The number of hydrogen-bond acceptors (Lipinski definition) is 3. The predicted octanol–water partition coefficient (Wildman–Crippen LogP) is 2.52. The molecule has 20 heavy (non-hydrogen) atoms. The first kappa shape index (κ1) is 13.2. The van der Waals surface area contributed by atoms with Gasteiger partial charge in [-0.25, -0.2) is 4.98 Å². The van der Waals surface area contributed by atoms with E-state index in [1.165, 1.54) is 24.0 Å². The van der Waals surface area contributed by atoms with Gasteiger partial charge in [-0.15, -0.1) is 0 Å². The van der Waals surface area contributed by atoms with Gasteiger partial charge in [0.25, 0.3) is 0 Å². The van der Waals surface area contributed by atoms with E-state index in [9.17, 15) is 0 Å². The van der Waals surface area contributed by atoms with Crippen LogP contribution < -0.4 is 10.1 Å². The minimum absolute atomic E-state index is 0.664. The van der Waals surface area contributed by atoms with Gasteiger partial charge in [0.05, 0.1) is 12.9 Å². The molecule has 0 atom stereocenters. The second-order valence-electron chi connectivity index (χ2n) is 5.37. The van der Waals surface area contributed by atoms with Crippen molar-refractivity contribution in [2.45, 2.75) is 38.9 Å². The van der Waals surface area contributed by atoms with E-state index < -0.39 is 0 Å². The van der Waals surface area contributed by atoms with E-state index >= 15 is 0 Å². The standard InChI is InChI=1S/C16H21N3O/c1-13-3-2-4-14(11-18-15-5-6-15)16(13)20-10-9-19-8-7-17-12-19/h2-4,7-8,12,15,18H,5-6,9-11H2,1H3. The summed E-state index contributed by atoms with van der Waals surface area (Å²) >= 11 is 0. The molecule has 0 bridgehead atoms. The molecule has 1 aromatic heterocycles. The summed E-state index contributed by atoms with van der Waals surface area (Å²) in [5.41, 5.74) is 2.45. The van der Waals surface area contributed by atoms with E-state index in [1.54, 1.807) is 6.20 Å². The number of ether oxygens (including phenoxy) is 1. The number of nitrogens with one attached hydrogen (secondary N) is 1. The Balaban J connectivity index is 1.60. The molecule has 0 radical (unpaired) electrons. The Morgan fingerprint density at radius 3 is 3.05 bits per heavy atom. The zero-order valence-electron chi connectivity index (χ0n) is 11.9. The molecule has 2 aromatic rings. The molecule has 4 nitrogen and oxygen atoms in total. The lowest BCUT2D eigenvalue weighted by atomic mass is 10.1. The van der Waals surface area contributed by atoms with Crippen molar-refractivity contribution < 1.29 is 4.74 Å². The first-order valence-electron chi connectivity index (χ1n) is 7.23. The molecule has 0 spiro atoms. The van der Waals surface area contributed by atoms with Crippen LogP contribution in [0, 0.1) is 6.92 Å². The van der Waals surface area contributed by atoms with Crippen LogP contribution in [0.4, 0.5) is 0 Å². The third-order valence-corrected chi connectivity index (χ3v) is 3.61. The Kier molecular flexibility index (Phi) is 4.02. The molecule has 0 aliphatic heterocycles. The lowest BCUT2D eigenvalue weighted by molar-refractivity contribution is 0.293. The maximum absolute atomic E-state index is 6.01. The van der Waals surface area contributed by atoms with Crippen LogP contribution in [0.1, 0.15) is 24.0 Å². The van der Waals surface area contributed by atoms with Crippen molar-refractivity contribution >= 4 is 0 Å². The van der Waals surface area contributed by atoms with Crippen LogP contribution >= 0.6 is 0 Å². The average molecular weight is 271 g/mol. The number of benzene rings is 1. The molecule has 1 N–H and O–H groups in total. The fraction of sp³-hybridized carbons (Fsp3) is 0.438. The summed E-state index contributed by atoms with van der Waals surface area (Å²) in [5.74, 6) is 1.03. The Hall–Kier alpha value is -1.81. The summed E-state index contributed by atoms with van der Waals surface area (Å²) in [4.78, 5) is 4.04. The van der Waals surface area contributed by atoms with E-state index in [0.717, 1.165) is 18.8 Å². The molecule has 1 aliphatic carbocycles. The Labute approximate surface area is 119 Å². The zero-order chi connectivity index (χ0) is 13.8. The fourth-order valence-electron chi connectivity index (χ4n) is 2.27. The highest BCUT2D eigenvalue weighted by atomic mass is 16.5. The van der Waals surface area contributed by atoms with Crippen LogP contribution in [-0.2, 0) is 13.1 Å². The van der Waals surface area contributed by atoms with Crippen molar-refractivity contribution in [1.82, 2.24) is 14.9 Å². The Morgan fingerprint density at radius 1 is 1.40 bits per heavy atom. The molecule has 1 aromatic carbocycles. The second kappa shape index (κ2) is 6.09. The molecule has 1 heterocycles. The summed E-state index contributed by atoms with van der Waals surface area (Å²) in [7, 11) is 0. The van der Waals surface area contributed by atoms with Gasteiger partial charge < -0.3 is 14.6 Å². The largest absolute Gasteiger partial charge is 0.491 e. The molecule has 1 aliphatic rings. The first-order valence-corrected chi connectivity index (χ1v) is 7.23. The normalized spacial score (nSPS) is 14.4. The molecule has 0 unspecified atom stereocenters. The van der Waals surface area contributed by atoms with Gasteiger partial charge in [-0.3, -0.25) is 0 Å². The highest BCUT2D eigenvalue weighted by molar-refractivity contribution is 5.40. The van der Waals surface area contributed by atoms with Crippen LogP contribution in [0.15, 0.2) is 36.9 Å². The van der Waals surface area contributed by atoms with Gasteiger partial charge in [-0.1, -0.05) is 18.2 Å². The van der Waals surface area contributed by atoms with Crippen molar-refractivity contribution in [3.05, 3.63) is 48.0 Å². The maximum Gasteiger partial charge on any atom is 0.126 e. The van der Waals surface area contributed by atoms with E-state index in [0.29, 0.717) is 12.6 Å². The molecule has 0 saturated heterocycles. The monoisotopic (exact) mass is 271 g/mol. The van der Waals surface area contributed by atoms with Crippen LogP contribution in [0.2, 0.25) is 0 Å². The van der Waals surface area contributed by atoms with E-state index in [4.69, 9.17) is 4.74 Å². The van der Waals surface area contributed by atoms with Crippen LogP contribution in [-0.4, -0.2) is 22.2 Å². The van der Waals surface area contributed by atoms with Crippen molar-refractivity contribution in [3.8, 4) is 5.75 Å². The lowest BCUT2D eigenvalue weighted by Crippen LogP contribution is -2.17. The molecule has 106 valence electrons. The Bertz CT molecular complexity index is 547. The van der Waals surface area contributed by atoms with E-state index in [2.05, 4.69) is 35.4 Å². The summed E-state index contributed by atoms with van der Waals surface area (Å²) in [5, 5.41) is 3.55. The summed E-state index contributed by atoms with van der Waals surface area (Å²) in [6, 6.07) is 7.07. The van der Waals surface area contributed by atoms with Crippen LogP contribution in [0.3, 0.4) is 0 Å². The van der Waals surface area contributed by atoms with Gasteiger partial charge in [0.15, 0.2) is 0 Å². The topological polar surface area (TPSA) is 39.1 Å². The van der Waals surface area contributed by atoms with Crippen molar-refractivity contribution in [1.29, 1.82) is 0 Å². The van der Waals surface area contributed by atoms with Gasteiger partial charge in [-0.05, 0) is 25.3 Å². The number of aromatic nitrogens is 2. The quantitative estimate of drug-likeness (QED) is 0.841. The van der Waals surface area contributed by atoms with E-state index in [1.807, 2.05) is 17.1 Å². The van der Waals surface area contributed by atoms with E-state index in [-0.39, 0.29) is 0 Å². The maximum atomic E-state index is 6.01. The summed E-state index contributed by atoms with van der Waals surface area (Å²) in [6.45, 7) is 4.49. The van der Waals surface area contributed by atoms with Crippen molar-refractivity contribution in [2.75, 3.05) is 6.61 Å². The number of rotatable bonds is 7. The molecule has 0 amide bonds. The number of hydrogen-bond donors (Lipinski definition) is 1. The highest BCUT2D eigenvalue weighted by Crippen LogP contribution is 2.25. The van der Waals surface area contributed by atoms with Gasteiger partial charge >= 0.3 is 0 Å². The van der Waals surface area contributed by atoms with Gasteiger partial charge in [0.1, 0.15) is 12.4 Å². The first-order chi connectivity index (χ1) is 9.83. The second-order valence-corrected chi connectivity index (χ2v) is 5.37. The smallest absolute Gasteiger partial charge is 0.126 e. The third kappa shape index (κ3) is 3.39. The average Bonchev–Trinajstić information content (AvgIpc) is 3.14. The SMILES string of the molecule is Cc1cccc(CNC2CC2)c1OCCn1ccnc1. The van der Waals surface area contributed by atoms with Gasteiger partial charge in [0.2, 0.25) is 0 Å². The van der Waals surface area contributed by atoms with Crippen LogP contribution in [0.25, 0.3) is 0 Å². The molecular formula is C16H21N3O. The minimum Gasteiger partial charge on any atom is -0.491 e. The predicted molar refractivity (Wildman–Crippen MR) is 78.8 cm³/mol. The molecule has 3 rings (SSSR count). The molecule has 1 saturated carbocycles. The van der Waals surface area contributed by atoms with Crippen molar-refractivity contribution in [3.63, 3.8) is 0 Å². The minimum atomic E-state index is 0.664. The van der Waals surface area contributed by atoms with Gasteiger partial charge in [-0.2, -0.15) is 0 Å². The Morgan fingerprint density at radius 2 is 2.30 bits per heavy atom. The highest BCUT2D eigenvalue weighted by Gasteiger charge is 2.20. The zero-order valence-corrected chi connectivity index (χ0v) is 11.9. The number of nitrogens with zero attached hydrogens (tertiary/aromatic N) is 2. The van der Waals surface area contributed by atoms with Crippen LogP contribution in [0.5, 0.6) is 5.75 Å². The number of imidazole rings is 1. The summed E-state index contributed by atoms with van der Waals surface area (Å²) < 4.78 is 8.03. The lowest BCUT2D eigenvalue weighted by Gasteiger charge is -2.15. The molecule has 1 fully saturated rings. The van der Waals surface area contributed by atoms with Gasteiger partial charge in [0, 0.05) is 30.5 Å². The third-order valence-electron chi connectivity index (χ3n) is 3.61.